The number of allylic oxidation sites excluding steroid dienone is 1. The summed E-state index contributed by atoms with van der Waals surface area (Å²) in [5, 5.41) is 4.39. The predicted octanol–water partition coefficient (Wildman–Crippen LogP) is 3.50. The Hall–Kier alpha value is -3.42. The van der Waals surface area contributed by atoms with Gasteiger partial charge in [0.2, 0.25) is 5.95 Å². The average molecular weight is 409 g/mol. The second kappa shape index (κ2) is 9.87. The fourth-order valence-electron chi connectivity index (χ4n) is 3.19. The lowest BCUT2D eigenvalue weighted by molar-refractivity contribution is 0.593. The van der Waals surface area contributed by atoms with Crippen molar-refractivity contribution in [3.05, 3.63) is 62.8 Å². The third-order valence-electron chi connectivity index (χ3n) is 4.89. The molecular weight excluding hydrogens is 380 g/mol. The number of aromatic nitrogens is 4. The number of aromatic amines is 1. The molecule has 0 atom stereocenters. The second-order valence-electron chi connectivity index (χ2n) is 7.25. The summed E-state index contributed by atoms with van der Waals surface area (Å²) in [5.74, 6) is 0.445. The minimum Gasteiger partial charge on any atom is -0.303 e. The first-order chi connectivity index (χ1) is 14.5. The van der Waals surface area contributed by atoms with Crippen LogP contribution in [0.3, 0.4) is 0 Å². The van der Waals surface area contributed by atoms with Crippen LogP contribution in [0.15, 0.2) is 51.1 Å². The van der Waals surface area contributed by atoms with Gasteiger partial charge in [-0.2, -0.15) is 10.1 Å². The highest BCUT2D eigenvalue weighted by Crippen LogP contribution is 2.17. The Morgan fingerprint density at radius 3 is 2.70 bits per heavy atom. The lowest BCUT2D eigenvalue weighted by atomic mass is 10.2. The molecule has 8 heteroatoms. The molecule has 30 heavy (non-hydrogen) atoms. The molecule has 8 nitrogen and oxygen atoms in total. The summed E-state index contributed by atoms with van der Waals surface area (Å²) in [6, 6.07) is 9.96. The Kier molecular flexibility index (Phi) is 7.00. The van der Waals surface area contributed by atoms with E-state index in [9.17, 15) is 9.59 Å². The number of imidazole rings is 1. The number of rotatable bonds is 9. The predicted molar refractivity (Wildman–Crippen MR) is 122 cm³/mol. The largest absolute Gasteiger partial charge is 0.329 e. The van der Waals surface area contributed by atoms with Crippen LogP contribution in [-0.4, -0.2) is 24.8 Å². The summed E-state index contributed by atoms with van der Waals surface area (Å²) in [6.07, 6.45) is 8.10. The fraction of sp³-hybridized carbons (Fsp3) is 0.364. The number of aryl methyl sites for hydroxylation is 2. The number of hydrogen-bond donors (Lipinski definition) is 2. The molecule has 0 saturated heterocycles. The van der Waals surface area contributed by atoms with Gasteiger partial charge in [0.15, 0.2) is 11.2 Å². The summed E-state index contributed by atoms with van der Waals surface area (Å²) in [4.78, 5) is 31.3. The van der Waals surface area contributed by atoms with Gasteiger partial charge in [0.05, 0.1) is 5.71 Å². The van der Waals surface area contributed by atoms with E-state index >= 15 is 0 Å². The Morgan fingerprint density at radius 1 is 1.20 bits per heavy atom. The molecule has 0 unspecified atom stereocenters. The standard InChI is InChI=1S/C22H28N6O2/c1-4-5-6-10-15-28-18-19(27(3)22(30)24-20(18)29)23-21(28)26-25-16(2)13-14-17-11-8-7-9-12-17/h7-9,11-14H,4-6,10,15H2,1-3H3,(H,23,26)(H,24,29,30)/b14-13+,25-16+. The third kappa shape index (κ3) is 4.94. The highest BCUT2D eigenvalue weighted by Gasteiger charge is 2.16. The summed E-state index contributed by atoms with van der Waals surface area (Å²) < 4.78 is 3.15. The Bertz CT molecular complexity index is 1170. The minimum absolute atomic E-state index is 0.342. The van der Waals surface area contributed by atoms with Crippen molar-refractivity contribution in [3.8, 4) is 0 Å². The summed E-state index contributed by atoms with van der Waals surface area (Å²) in [5.41, 5.74) is 4.61. The van der Waals surface area contributed by atoms with Gasteiger partial charge in [0.1, 0.15) is 0 Å². The van der Waals surface area contributed by atoms with Crippen molar-refractivity contribution in [3.63, 3.8) is 0 Å². The van der Waals surface area contributed by atoms with Crippen LogP contribution in [0.2, 0.25) is 0 Å². The van der Waals surface area contributed by atoms with Gasteiger partial charge >= 0.3 is 5.69 Å². The number of nitrogens with zero attached hydrogens (tertiary/aromatic N) is 4. The van der Waals surface area contributed by atoms with Crippen molar-refractivity contribution in [1.82, 2.24) is 19.1 Å². The zero-order chi connectivity index (χ0) is 21.5. The van der Waals surface area contributed by atoms with Crippen LogP contribution in [0.4, 0.5) is 5.95 Å². The first kappa shape index (κ1) is 21.3. The summed E-state index contributed by atoms with van der Waals surface area (Å²) >= 11 is 0. The number of benzene rings is 1. The van der Waals surface area contributed by atoms with E-state index in [1.807, 2.05) is 49.4 Å². The maximum absolute atomic E-state index is 12.5. The highest BCUT2D eigenvalue weighted by atomic mass is 16.2. The van der Waals surface area contributed by atoms with Crippen molar-refractivity contribution in [1.29, 1.82) is 0 Å². The van der Waals surface area contributed by atoms with Gasteiger partial charge in [-0.05, 0) is 25.0 Å². The van der Waals surface area contributed by atoms with Crippen LogP contribution in [-0.2, 0) is 13.6 Å². The molecule has 2 N–H and O–H groups in total. The third-order valence-corrected chi connectivity index (χ3v) is 4.89. The van der Waals surface area contributed by atoms with E-state index in [4.69, 9.17) is 0 Å². The topological polar surface area (TPSA) is 97.1 Å². The quantitative estimate of drug-likeness (QED) is 0.322. The summed E-state index contributed by atoms with van der Waals surface area (Å²) in [7, 11) is 1.59. The van der Waals surface area contributed by atoms with Crippen molar-refractivity contribution < 1.29 is 0 Å². The number of anilines is 1. The number of fused-ring (bicyclic) bond motifs is 1. The first-order valence-electron chi connectivity index (χ1n) is 10.2. The molecule has 0 aliphatic carbocycles. The molecule has 0 fully saturated rings. The Balaban J connectivity index is 1.90. The molecule has 0 spiro atoms. The molecule has 3 aromatic rings. The monoisotopic (exact) mass is 408 g/mol. The Labute approximate surface area is 175 Å². The minimum atomic E-state index is -0.486. The smallest absolute Gasteiger partial charge is 0.303 e. The number of hydrazone groups is 1. The van der Waals surface area contributed by atoms with E-state index < -0.39 is 11.2 Å². The van der Waals surface area contributed by atoms with Crippen LogP contribution in [0.5, 0.6) is 0 Å². The van der Waals surface area contributed by atoms with E-state index in [1.54, 1.807) is 11.6 Å². The molecular formula is C22H28N6O2. The van der Waals surface area contributed by atoms with Crippen LogP contribution < -0.4 is 16.7 Å². The molecule has 0 bridgehead atoms. The molecule has 2 heterocycles. The zero-order valence-electron chi connectivity index (χ0n) is 17.7. The SMILES string of the molecule is CCCCCCn1c(N/N=C(C)/C=C/c2ccccc2)nc2c1c(=O)[nH]c(=O)n2C. The molecule has 3 rings (SSSR count). The van der Waals surface area contributed by atoms with Crippen molar-refractivity contribution in [2.24, 2.45) is 12.1 Å². The Morgan fingerprint density at radius 2 is 1.97 bits per heavy atom. The second-order valence-corrected chi connectivity index (χ2v) is 7.25. The maximum atomic E-state index is 12.5. The van der Waals surface area contributed by atoms with E-state index in [-0.39, 0.29) is 0 Å². The molecule has 1 aromatic carbocycles. The molecule has 0 radical (unpaired) electrons. The molecule has 0 aliphatic rings. The number of nitrogens with one attached hydrogen (secondary N) is 2. The molecule has 0 amide bonds. The van der Waals surface area contributed by atoms with Gasteiger partial charge in [0.25, 0.3) is 5.56 Å². The average Bonchev–Trinajstić information content (AvgIpc) is 3.12. The fourth-order valence-corrected chi connectivity index (χ4v) is 3.19. The van der Waals surface area contributed by atoms with E-state index in [1.165, 1.54) is 4.57 Å². The maximum Gasteiger partial charge on any atom is 0.329 e. The van der Waals surface area contributed by atoms with Gasteiger partial charge in [-0.25, -0.2) is 10.2 Å². The van der Waals surface area contributed by atoms with Crippen molar-refractivity contribution in [2.75, 3.05) is 5.43 Å². The lowest BCUT2D eigenvalue weighted by Gasteiger charge is -2.08. The number of hydrogen-bond acceptors (Lipinski definition) is 5. The van der Waals surface area contributed by atoms with E-state index in [0.717, 1.165) is 37.0 Å². The van der Waals surface area contributed by atoms with Gasteiger partial charge in [-0.1, -0.05) is 62.6 Å². The van der Waals surface area contributed by atoms with Gasteiger partial charge in [-0.15, -0.1) is 0 Å². The lowest BCUT2D eigenvalue weighted by Crippen LogP contribution is -2.29. The first-order valence-corrected chi connectivity index (χ1v) is 10.2. The zero-order valence-corrected chi connectivity index (χ0v) is 17.7. The van der Waals surface area contributed by atoms with Crippen molar-refractivity contribution in [2.45, 2.75) is 46.1 Å². The molecule has 0 saturated carbocycles. The van der Waals surface area contributed by atoms with Crippen LogP contribution in [0, 0.1) is 0 Å². The molecule has 158 valence electrons. The molecule has 0 aliphatic heterocycles. The van der Waals surface area contributed by atoms with Gasteiger partial charge < -0.3 is 4.57 Å². The number of H-pyrrole nitrogens is 1. The van der Waals surface area contributed by atoms with Gasteiger partial charge in [0, 0.05) is 13.6 Å². The van der Waals surface area contributed by atoms with Gasteiger partial charge in [-0.3, -0.25) is 14.3 Å². The van der Waals surface area contributed by atoms with Crippen LogP contribution >= 0.6 is 0 Å². The van der Waals surface area contributed by atoms with Crippen LogP contribution in [0.25, 0.3) is 17.2 Å². The van der Waals surface area contributed by atoms with E-state index in [0.29, 0.717) is 23.7 Å². The van der Waals surface area contributed by atoms with Crippen molar-refractivity contribution >= 4 is 28.9 Å². The highest BCUT2D eigenvalue weighted by molar-refractivity contribution is 5.96. The molecule has 2 aromatic heterocycles. The number of unbranched alkanes of at least 4 members (excludes halogenated alkanes) is 3. The summed E-state index contributed by atoms with van der Waals surface area (Å²) in [6.45, 7) is 4.65. The normalized spacial score (nSPS) is 12.2. The van der Waals surface area contributed by atoms with E-state index in [2.05, 4.69) is 27.4 Å². The van der Waals surface area contributed by atoms with Crippen LogP contribution in [0.1, 0.15) is 45.1 Å².